The van der Waals surface area contributed by atoms with Gasteiger partial charge in [0, 0.05) is 31.2 Å². The van der Waals surface area contributed by atoms with Gasteiger partial charge in [-0.25, -0.2) is 0 Å². The Bertz CT molecular complexity index is 381. The summed E-state index contributed by atoms with van der Waals surface area (Å²) in [6.07, 6.45) is 4.00. The first-order chi connectivity index (χ1) is 8.76. The number of likely N-dealkylation sites (N-methyl/N-ethyl adjacent to an activating group) is 1. The average Bonchev–Trinajstić information content (AvgIpc) is 2.60. The molecular formula is C13H23N5. The van der Waals surface area contributed by atoms with Crippen LogP contribution < -0.4 is 10.6 Å². The third-order valence-corrected chi connectivity index (χ3v) is 3.65. The second kappa shape index (κ2) is 6.11. The Labute approximate surface area is 109 Å². The summed E-state index contributed by atoms with van der Waals surface area (Å²) in [7, 11) is 2.19. The molecule has 1 saturated heterocycles. The fourth-order valence-corrected chi connectivity index (χ4v) is 2.62. The highest BCUT2D eigenvalue weighted by Gasteiger charge is 2.24. The third kappa shape index (κ3) is 2.79. The molecule has 0 aliphatic carbocycles. The van der Waals surface area contributed by atoms with Crippen LogP contribution >= 0.6 is 0 Å². The van der Waals surface area contributed by atoms with Gasteiger partial charge in [0.1, 0.15) is 0 Å². The van der Waals surface area contributed by atoms with Crippen molar-refractivity contribution in [3.8, 4) is 0 Å². The summed E-state index contributed by atoms with van der Waals surface area (Å²) in [5.41, 5.74) is 6.90. The van der Waals surface area contributed by atoms with Crippen LogP contribution in [0.4, 0.5) is 5.82 Å². The molecule has 2 heterocycles. The fourth-order valence-electron chi connectivity index (χ4n) is 2.62. The van der Waals surface area contributed by atoms with Crippen LogP contribution in [0.5, 0.6) is 0 Å². The molecule has 0 bridgehead atoms. The van der Waals surface area contributed by atoms with E-state index >= 15 is 0 Å². The van der Waals surface area contributed by atoms with Crippen molar-refractivity contribution in [3.05, 3.63) is 17.8 Å². The molecule has 0 radical (unpaired) electrons. The minimum Gasteiger partial charge on any atom is -0.351 e. The lowest BCUT2D eigenvalue weighted by Gasteiger charge is -2.32. The monoisotopic (exact) mass is 249 g/mol. The molecule has 18 heavy (non-hydrogen) atoms. The summed E-state index contributed by atoms with van der Waals surface area (Å²) in [6.45, 7) is 6.01. The number of hydrogen-bond acceptors (Lipinski definition) is 5. The Kier molecular flexibility index (Phi) is 4.49. The van der Waals surface area contributed by atoms with E-state index in [0.29, 0.717) is 12.6 Å². The number of aromatic nitrogens is 2. The number of rotatable bonds is 3. The Morgan fingerprint density at radius 1 is 1.44 bits per heavy atom. The van der Waals surface area contributed by atoms with Crippen LogP contribution in [0.1, 0.15) is 25.3 Å². The van der Waals surface area contributed by atoms with E-state index in [-0.39, 0.29) is 0 Å². The van der Waals surface area contributed by atoms with E-state index in [9.17, 15) is 0 Å². The van der Waals surface area contributed by atoms with Crippen molar-refractivity contribution in [2.45, 2.75) is 32.4 Å². The van der Waals surface area contributed by atoms with E-state index in [2.05, 4.69) is 34.0 Å². The normalized spacial score (nSPS) is 21.9. The zero-order chi connectivity index (χ0) is 13.0. The highest BCUT2D eigenvalue weighted by Crippen LogP contribution is 2.22. The predicted octanol–water partition coefficient (Wildman–Crippen LogP) is 0.856. The highest BCUT2D eigenvalue weighted by atomic mass is 15.3. The molecule has 0 spiro atoms. The van der Waals surface area contributed by atoms with Gasteiger partial charge in [0.2, 0.25) is 0 Å². The summed E-state index contributed by atoms with van der Waals surface area (Å²) < 4.78 is 0. The maximum Gasteiger partial charge on any atom is 0.156 e. The minimum absolute atomic E-state index is 0.500. The van der Waals surface area contributed by atoms with Crippen molar-refractivity contribution in [1.29, 1.82) is 0 Å². The second-order valence-corrected chi connectivity index (χ2v) is 4.96. The average molecular weight is 249 g/mol. The first-order valence-electron chi connectivity index (χ1n) is 6.72. The molecule has 0 saturated carbocycles. The van der Waals surface area contributed by atoms with E-state index in [1.807, 2.05) is 6.07 Å². The zero-order valence-electron chi connectivity index (χ0n) is 11.3. The number of nitrogens with zero attached hydrogens (tertiary/aromatic N) is 4. The van der Waals surface area contributed by atoms with Crippen LogP contribution in [-0.4, -0.2) is 47.8 Å². The lowest BCUT2D eigenvalue weighted by Crippen LogP contribution is -2.41. The maximum atomic E-state index is 5.81. The Morgan fingerprint density at radius 2 is 2.28 bits per heavy atom. The van der Waals surface area contributed by atoms with Gasteiger partial charge in [-0.1, -0.05) is 6.92 Å². The SMILES string of the molecule is CCC1CN(C)CCCN1c1nnccc1CN. The summed E-state index contributed by atoms with van der Waals surface area (Å²) in [4.78, 5) is 4.78. The number of nitrogens with two attached hydrogens (primary N) is 1. The van der Waals surface area contributed by atoms with Crippen LogP contribution in [0.15, 0.2) is 12.3 Å². The first kappa shape index (κ1) is 13.2. The lowest BCUT2D eigenvalue weighted by molar-refractivity contribution is 0.327. The summed E-state index contributed by atoms with van der Waals surface area (Å²) in [5.74, 6) is 0.974. The first-order valence-corrected chi connectivity index (χ1v) is 6.72. The van der Waals surface area contributed by atoms with Crippen LogP contribution in [0.25, 0.3) is 0 Å². The van der Waals surface area contributed by atoms with E-state index in [1.54, 1.807) is 6.20 Å². The largest absolute Gasteiger partial charge is 0.351 e. The minimum atomic E-state index is 0.500. The van der Waals surface area contributed by atoms with Crippen molar-refractivity contribution in [3.63, 3.8) is 0 Å². The molecular weight excluding hydrogens is 226 g/mol. The fraction of sp³-hybridized carbons (Fsp3) is 0.692. The van der Waals surface area contributed by atoms with Crippen molar-refractivity contribution in [1.82, 2.24) is 15.1 Å². The predicted molar refractivity (Wildman–Crippen MR) is 73.5 cm³/mol. The molecule has 1 atom stereocenters. The zero-order valence-corrected chi connectivity index (χ0v) is 11.3. The van der Waals surface area contributed by atoms with Crippen LogP contribution in [-0.2, 0) is 6.54 Å². The van der Waals surface area contributed by atoms with Crippen molar-refractivity contribution in [2.24, 2.45) is 5.73 Å². The number of hydrogen-bond donors (Lipinski definition) is 1. The Hall–Kier alpha value is -1.20. The van der Waals surface area contributed by atoms with Crippen molar-refractivity contribution >= 4 is 5.82 Å². The Balaban J connectivity index is 2.28. The molecule has 0 amide bonds. The smallest absolute Gasteiger partial charge is 0.156 e. The van der Waals surface area contributed by atoms with Gasteiger partial charge in [0.05, 0.1) is 6.20 Å². The third-order valence-electron chi connectivity index (χ3n) is 3.65. The molecule has 100 valence electrons. The van der Waals surface area contributed by atoms with E-state index < -0.39 is 0 Å². The summed E-state index contributed by atoms with van der Waals surface area (Å²) in [6, 6.07) is 2.48. The van der Waals surface area contributed by atoms with Crippen LogP contribution in [0, 0.1) is 0 Å². The molecule has 5 heteroatoms. The van der Waals surface area contributed by atoms with Gasteiger partial charge in [-0.15, -0.1) is 5.10 Å². The molecule has 5 nitrogen and oxygen atoms in total. The topological polar surface area (TPSA) is 58.3 Å². The van der Waals surface area contributed by atoms with E-state index in [0.717, 1.165) is 43.9 Å². The molecule has 1 aliphatic rings. The van der Waals surface area contributed by atoms with Crippen molar-refractivity contribution < 1.29 is 0 Å². The molecule has 1 unspecified atom stereocenters. The highest BCUT2D eigenvalue weighted by molar-refractivity contribution is 5.46. The summed E-state index contributed by atoms with van der Waals surface area (Å²) >= 11 is 0. The van der Waals surface area contributed by atoms with Crippen LogP contribution in [0.3, 0.4) is 0 Å². The second-order valence-electron chi connectivity index (χ2n) is 4.96. The standard InChI is InChI=1S/C13H23N5/c1-3-12-10-17(2)7-4-8-18(12)13-11(9-14)5-6-15-16-13/h5-6,12H,3-4,7-10,14H2,1-2H3. The maximum absolute atomic E-state index is 5.81. The molecule has 1 aromatic heterocycles. The Morgan fingerprint density at radius 3 is 3.00 bits per heavy atom. The molecule has 1 aliphatic heterocycles. The number of anilines is 1. The van der Waals surface area contributed by atoms with Gasteiger partial charge in [-0.3, -0.25) is 0 Å². The van der Waals surface area contributed by atoms with Gasteiger partial charge in [0.25, 0.3) is 0 Å². The quantitative estimate of drug-likeness (QED) is 0.861. The van der Waals surface area contributed by atoms with Gasteiger partial charge in [-0.05, 0) is 32.5 Å². The molecule has 1 fully saturated rings. The molecule has 2 N–H and O–H groups in total. The van der Waals surface area contributed by atoms with E-state index in [4.69, 9.17) is 5.73 Å². The van der Waals surface area contributed by atoms with Gasteiger partial charge in [-0.2, -0.15) is 5.10 Å². The van der Waals surface area contributed by atoms with Gasteiger partial charge in [0.15, 0.2) is 5.82 Å². The van der Waals surface area contributed by atoms with E-state index in [1.165, 1.54) is 0 Å². The molecule has 1 aromatic rings. The lowest BCUT2D eigenvalue weighted by atomic mass is 10.1. The van der Waals surface area contributed by atoms with Crippen molar-refractivity contribution in [2.75, 3.05) is 31.6 Å². The van der Waals surface area contributed by atoms with Gasteiger partial charge < -0.3 is 15.5 Å². The summed E-state index contributed by atoms with van der Waals surface area (Å²) in [5, 5.41) is 8.34. The van der Waals surface area contributed by atoms with Crippen LogP contribution in [0.2, 0.25) is 0 Å². The molecule has 2 rings (SSSR count). The van der Waals surface area contributed by atoms with Gasteiger partial charge >= 0.3 is 0 Å². The molecule has 0 aromatic carbocycles.